The van der Waals surface area contributed by atoms with Crippen LogP contribution in [0, 0.1) is 0 Å². The summed E-state index contributed by atoms with van der Waals surface area (Å²) >= 11 is 0. The average Bonchev–Trinajstić information content (AvgIpc) is 2.79. The predicted molar refractivity (Wildman–Crippen MR) is 126 cm³/mol. The van der Waals surface area contributed by atoms with Gasteiger partial charge < -0.3 is 14.4 Å². The van der Waals surface area contributed by atoms with Crippen LogP contribution in [-0.4, -0.2) is 32.9 Å². The van der Waals surface area contributed by atoms with Gasteiger partial charge in [0.25, 0.3) is 0 Å². The first kappa shape index (κ1) is 22.1. The molecule has 0 aromatic heterocycles. The summed E-state index contributed by atoms with van der Waals surface area (Å²) in [5, 5.41) is 0. The lowest BCUT2D eigenvalue weighted by Crippen LogP contribution is -2.08. The molecule has 0 amide bonds. The van der Waals surface area contributed by atoms with Crippen LogP contribution >= 0.6 is 0 Å². The Labute approximate surface area is 184 Å². The molecule has 31 heavy (non-hydrogen) atoms. The lowest BCUT2D eigenvalue weighted by molar-refractivity contribution is 0.0734. The highest BCUT2D eigenvalue weighted by atomic mass is 16.5. The van der Waals surface area contributed by atoms with Crippen molar-refractivity contribution in [1.29, 1.82) is 0 Å². The number of anilines is 1. The molecular weight excluding hydrogens is 388 g/mol. The van der Waals surface area contributed by atoms with Crippen molar-refractivity contribution in [3.63, 3.8) is 0 Å². The van der Waals surface area contributed by atoms with Crippen molar-refractivity contribution in [1.82, 2.24) is 0 Å². The predicted octanol–water partition coefficient (Wildman–Crippen LogP) is 5.90. The Balaban J connectivity index is 1.55. The normalized spacial score (nSPS) is 10.8. The fraction of sp³-hybridized carbons (Fsp3) is 0.231. The van der Waals surface area contributed by atoms with Crippen LogP contribution in [0.4, 0.5) is 11.4 Å². The third-order valence-corrected chi connectivity index (χ3v) is 4.68. The minimum Gasteiger partial charge on any atom is -0.494 e. The maximum absolute atomic E-state index is 12.4. The van der Waals surface area contributed by atoms with Gasteiger partial charge in [-0.05, 0) is 84.8 Å². The third-order valence-electron chi connectivity index (χ3n) is 4.68. The highest BCUT2D eigenvalue weighted by Gasteiger charge is 2.09. The highest BCUT2D eigenvalue weighted by molar-refractivity contribution is 5.91. The van der Waals surface area contributed by atoms with Crippen LogP contribution in [0.2, 0.25) is 0 Å². The third kappa shape index (κ3) is 6.71. The summed E-state index contributed by atoms with van der Waals surface area (Å²) in [7, 11) is 4.01. The van der Waals surface area contributed by atoms with Crippen LogP contribution < -0.4 is 14.4 Å². The van der Waals surface area contributed by atoms with E-state index in [0.717, 1.165) is 35.5 Å². The van der Waals surface area contributed by atoms with Crippen LogP contribution in [0.25, 0.3) is 0 Å². The number of aliphatic imine (C=N–C) groups is 1. The molecule has 0 atom stereocenters. The molecule has 0 saturated heterocycles. The van der Waals surface area contributed by atoms with Crippen molar-refractivity contribution in [2.75, 3.05) is 25.6 Å². The van der Waals surface area contributed by atoms with Gasteiger partial charge in [-0.15, -0.1) is 0 Å². The SMILES string of the molecule is CCCCOc1ccc(C(=O)Oc2ccc(C=Nc3ccc(N(C)C)cc3)cc2)cc1. The lowest BCUT2D eigenvalue weighted by Gasteiger charge is -2.11. The maximum atomic E-state index is 12.4. The van der Waals surface area contributed by atoms with E-state index in [4.69, 9.17) is 9.47 Å². The number of carbonyl (C=O) groups excluding carboxylic acids is 1. The first-order chi connectivity index (χ1) is 15.0. The molecular formula is C26H28N2O3. The summed E-state index contributed by atoms with van der Waals surface area (Å²) < 4.78 is 11.1. The smallest absolute Gasteiger partial charge is 0.343 e. The average molecular weight is 417 g/mol. The number of benzene rings is 3. The van der Waals surface area contributed by atoms with E-state index >= 15 is 0 Å². The van der Waals surface area contributed by atoms with Crippen molar-refractivity contribution in [2.45, 2.75) is 19.8 Å². The summed E-state index contributed by atoms with van der Waals surface area (Å²) in [6.45, 7) is 2.79. The largest absolute Gasteiger partial charge is 0.494 e. The van der Waals surface area contributed by atoms with Crippen LogP contribution in [0.5, 0.6) is 11.5 Å². The Bertz CT molecular complexity index is 992. The van der Waals surface area contributed by atoms with E-state index in [9.17, 15) is 4.79 Å². The zero-order valence-electron chi connectivity index (χ0n) is 18.2. The Morgan fingerprint density at radius 2 is 1.55 bits per heavy atom. The zero-order chi connectivity index (χ0) is 22.1. The van der Waals surface area contributed by atoms with Crippen LogP contribution in [0.3, 0.4) is 0 Å². The number of carbonyl (C=O) groups is 1. The van der Waals surface area contributed by atoms with Crippen LogP contribution in [0.1, 0.15) is 35.7 Å². The fourth-order valence-electron chi connectivity index (χ4n) is 2.80. The second-order valence-corrected chi connectivity index (χ2v) is 7.35. The molecule has 3 aromatic carbocycles. The van der Waals surface area contributed by atoms with Gasteiger partial charge in [-0.3, -0.25) is 4.99 Å². The highest BCUT2D eigenvalue weighted by Crippen LogP contribution is 2.19. The molecule has 0 unspecified atom stereocenters. The van der Waals surface area contributed by atoms with Crippen molar-refractivity contribution < 1.29 is 14.3 Å². The topological polar surface area (TPSA) is 51.1 Å². The standard InChI is InChI=1S/C26H28N2O3/c1-4-5-18-30-24-16-8-21(9-17-24)26(29)31-25-14-6-20(7-15-25)19-27-22-10-12-23(13-11-22)28(2)3/h6-17,19H,4-5,18H2,1-3H3. The number of rotatable bonds is 9. The Hall–Kier alpha value is -3.60. The van der Waals surface area contributed by atoms with E-state index in [2.05, 4.69) is 11.9 Å². The van der Waals surface area contributed by atoms with Crippen molar-refractivity contribution in [2.24, 2.45) is 4.99 Å². The number of nitrogens with zero attached hydrogens (tertiary/aromatic N) is 2. The van der Waals surface area contributed by atoms with Crippen molar-refractivity contribution in [3.8, 4) is 11.5 Å². The van der Waals surface area contributed by atoms with E-state index in [1.165, 1.54) is 0 Å². The molecule has 0 spiro atoms. The quantitative estimate of drug-likeness (QED) is 0.189. The molecule has 160 valence electrons. The lowest BCUT2D eigenvalue weighted by atomic mass is 10.2. The van der Waals surface area contributed by atoms with Gasteiger partial charge >= 0.3 is 5.97 Å². The summed E-state index contributed by atoms with van der Waals surface area (Å²) in [5.74, 6) is 0.841. The Morgan fingerprint density at radius 1 is 0.903 bits per heavy atom. The Morgan fingerprint density at radius 3 is 2.16 bits per heavy atom. The van der Waals surface area contributed by atoms with Crippen LogP contribution in [0.15, 0.2) is 77.8 Å². The van der Waals surface area contributed by atoms with E-state index in [-0.39, 0.29) is 0 Å². The van der Waals surface area contributed by atoms with Gasteiger partial charge in [-0.2, -0.15) is 0 Å². The molecule has 0 fully saturated rings. The first-order valence-corrected chi connectivity index (χ1v) is 10.4. The molecule has 3 aromatic rings. The summed E-state index contributed by atoms with van der Waals surface area (Å²) in [6.07, 6.45) is 3.87. The van der Waals surface area contributed by atoms with Crippen LogP contribution in [-0.2, 0) is 0 Å². The number of unbranched alkanes of at least 4 members (excludes halogenated alkanes) is 1. The van der Waals surface area contributed by atoms with Gasteiger partial charge in [-0.25, -0.2) is 4.79 Å². The van der Waals surface area contributed by atoms with Gasteiger partial charge in [0.05, 0.1) is 17.9 Å². The Kier molecular flexibility index (Phi) is 7.82. The summed E-state index contributed by atoms with van der Waals surface area (Å²) in [4.78, 5) is 18.9. The number of hydrogen-bond donors (Lipinski definition) is 0. The van der Waals surface area contributed by atoms with E-state index < -0.39 is 5.97 Å². The molecule has 0 aliphatic rings. The minimum absolute atomic E-state index is 0.400. The molecule has 5 heteroatoms. The summed E-state index contributed by atoms with van der Waals surface area (Å²) in [5.41, 5.74) is 3.41. The molecule has 0 bridgehead atoms. The first-order valence-electron chi connectivity index (χ1n) is 10.4. The molecule has 0 heterocycles. The number of ether oxygens (including phenoxy) is 2. The minimum atomic E-state index is -0.400. The second-order valence-electron chi connectivity index (χ2n) is 7.35. The zero-order valence-corrected chi connectivity index (χ0v) is 18.2. The van der Waals surface area contributed by atoms with E-state index in [1.54, 1.807) is 42.6 Å². The summed E-state index contributed by atoms with van der Waals surface area (Å²) in [6, 6.07) is 22.3. The van der Waals surface area contributed by atoms with E-state index in [0.29, 0.717) is 17.9 Å². The molecule has 0 radical (unpaired) electrons. The van der Waals surface area contributed by atoms with Gasteiger partial charge in [0.2, 0.25) is 0 Å². The molecule has 0 saturated carbocycles. The monoisotopic (exact) mass is 416 g/mol. The molecule has 3 rings (SSSR count). The maximum Gasteiger partial charge on any atom is 0.343 e. The fourth-order valence-corrected chi connectivity index (χ4v) is 2.80. The molecule has 0 N–H and O–H groups in total. The number of esters is 1. The van der Waals surface area contributed by atoms with Gasteiger partial charge in [0.1, 0.15) is 11.5 Å². The van der Waals surface area contributed by atoms with Gasteiger partial charge in [-0.1, -0.05) is 13.3 Å². The van der Waals surface area contributed by atoms with Gasteiger partial charge in [0.15, 0.2) is 0 Å². The molecule has 0 aliphatic heterocycles. The van der Waals surface area contributed by atoms with Gasteiger partial charge in [0, 0.05) is 26.0 Å². The van der Waals surface area contributed by atoms with E-state index in [1.807, 2.05) is 55.4 Å². The van der Waals surface area contributed by atoms with Crippen molar-refractivity contribution >= 4 is 23.6 Å². The second kappa shape index (κ2) is 11.0. The molecule has 5 nitrogen and oxygen atoms in total. The molecule has 0 aliphatic carbocycles. The number of hydrogen-bond acceptors (Lipinski definition) is 5. The van der Waals surface area contributed by atoms with Crippen molar-refractivity contribution in [3.05, 3.63) is 83.9 Å².